The van der Waals surface area contributed by atoms with Gasteiger partial charge in [-0.2, -0.15) is 0 Å². The molecule has 0 spiro atoms. The van der Waals surface area contributed by atoms with Crippen molar-refractivity contribution in [3.05, 3.63) is 47.9 Å². The van der Waals surface area contributed by atoms with Crippen molar-refractivity contribution >= 4 is 11.9 Å². The molecule has 0 radical (unpaired) electrons. The molecule has 0 saturated carbocycles. The van der Waals surface area contributed by atoms with E-state index in [4.69, 9.17) is 29.0 Å². The van der Waals surface area contributed by atoms with Crippen LogP contribution in [-0.2, 0) is 22.7 Å². The number of phenolic OH excluding ortho intramolecular Hbond substituents is 1. The van der Waals surface area contributed by atoms with Crippen molar-refractivity contribution < 1.29 is 34.1 Å². The van der Waals surface area contributed by atoms with Gasteiger partial charge in [-0.3, -0.25) is 0 Å². The number of hydrogen-bond acceptors (Lipinski definition) is 6. The van der Waals surface area contributed by atoms with Crippen molar-refractivity contribution in [2.75, 3.05) is 7.11 Å². The number of methoxy groups -OCH3 is 1. The van der Waals surface area contributed by atoms with E-state index in [0.29, 0.717) is 18.8 Å². The van der Waals surface area contributed by atoms with Crippen molar-refractivity contribution in [1.82, 2.24) is 5.32 Å². The Morgan fingerprint density at radius 1 is 1.17 bits per heavy atom. The van der Waals surface area contributed by atoms with Gasteiger partial charge in [-0.1, -0.05) is 6.07 Å². The summed E-state index contributed by atoms with van der Waals surface area (Å²) in [6.45, 7) is 1.37. The maximum Gasteiger partial charge on any atom is 0.414 e. The topological polar surface area (TPSA) is 129 Å². The number of hydrogen-bond donors (Lipinski definition) is 4. The first-order valence-electron chi connectivity index (χ1n) is 6.49. The van der Waals surface area contributed by atoms with E-state index >= 15 is 0 Å². The molecule has 1 aromatic carbocycles. The normalized spacial score (nSPS) is 9.61. The van der Waals surface area contributed by atoms with Crippen LogP contribution in [0.4, 0.5) is 0 Å². The summed E-state index contributed by atoms with van der Waals surface area (Å²) in [7, 11) is 1.54. The molecule has 0 aliphatic heterocycles. The zero-order chi connectivity index (χ0) is 17.2. The third-order valence-corrected chi connectivity index (χ3v) is 2.64. The average Bonchev–Trinajstić information content (AvgIpc) is 3.03. The second-order valence-electron chi connectivity index (χ2n) is 4.30. The Morgan fingerprint density at radius 3 is 2.39 bits per heavy atom. The SMILES string of the molecule is COc1cc(CNCc2ccco2)ccc1O.O=C(O)C(=O)O. The second kappa shape index (κ2) is 9.11. The van der Waals surface area contributed by atoms with Crippen LogP contribution < -0.4 is 10.1 Å². The van der Waals surface area contributed by atoms with Crippen LogP contribution in [-0.4, -0.2) is 34.4 Å². The fourth-order valence-electron chi connectivity index (χ4n) is 1.58. The first-order valence-corrected chi connectivity index (χ1v) is 6.49. The van der Waals surface area contributed by atoms with E-state index in [9.17, 15) is 5.11 Å². The molecular weight excluding hydrogens is 306 g/mol. The Kier molecular flexibility index (Phi) is 7.15. The fraction of sp³-hybridized carbons (Fsp3) is 0.200. The molecule has 124 valence electrons. The molecule has 23 heavy (non-hydrogen) atoms. The minimum absolute atomic E-state index is 0.155. The molecule has 1 aromatic heterocycles. The Bertz CT molecular complexity index is 625. The number of furan rings is 1. The molecule has 2 aromatic rings. The van der Waals surface area contributed by atoms with Gasteiger partial charge < -0.3 is 29.8 Å². The van der Waals surface area contributed by atoms with Gasteiger partial charge in [-0.15, -0.1) is 0 Å². The number of aromatic hydroxyl groups is 1. The van der Waals surface area contributed by atoms with E-state index in [1.807, 2.05) is 24.3 Å². The highest BCUT2D eigenvalue weighted by Crippen LogP contribution is 2.26. The van der Waals surface area contributed by atoms with Gasteiger partial charge in [0.1, 0.15) is 5.76 Å². The van der Waals surface area contributed by atoms with Crippen molar-refractivity contribution in [2.45, 2.75) is 13.1 Å². The summed E-state index contributed by atoms with van der Waals surface area (Å²) >= 11 is 0. The molecule has 0 unspecified atom stereocenters. The molecule has 8 nitrogen and oxygen atoms in total. The van der Waals surface area contributed by atoms with Crippen molar-refractivity contribution in [3.63, 3.8) is 0 Å². The summed E-state index contributed by atoms with van der Waals surface area (Å²) < 4.78 is 10.2. The average molecular weight is 323 g/mol. The fourth-order valence-corrected chi connectivity index (χ4v) is 1.58. The molecule has 2 rings (SSSR count). The lowest BCUT2D eigenvalue weighted by Gasteiger charge is -2.07. The highest BCUT2D eigenvalue weighted by molar-refractivity contribution is 6.27. The molecule has 0 amide bonds. The number of carboxylic acids is 2. The molecule has 0 aliphatic rings. The van der Waals surface area contributed by atoms with Crippen LogP contribution in [0.2, 0.25) is 0 Å². The van der Waals surface area contributed by atoms with Gasteiger partial charge in [0.2, 0.25) is 0 Å². The van der Waals surface area contributed by atoms with Crippen molar-refractivity contribution in [2.24, 2.45) is 0 Å². The number of phenols is 1. The minimum Gasteiger partial charge on any atom is -0.504 e. The van der Waals surface area contributed by atoms with Crippen LogP contribution in [0.1, 0.15) is 11.3 Å². The lowest BCUT2D eigenvalue weighted by molar-refractivity contribution is -0.159. The summed E-state index contributed by atoms with van der Waals surface area (Å²) in [4.78, 5) is 18.2. The van der Waals surface area contributed by atoms with Crippen LogP contribution in [0.3, 0.4) is 0 Å². The molecule has 0 aliphatic carbocycles. The summed E-state index contributed by atoms with van der Waals surface area (Å²) in [5.74, 6) is -2.11. The highest BCUT2D eigenvalue weighted by Gasteiger charge is 2.04. The maximum atomic E-state index is 9.45. The summed E-state index contributed by atoms with van der Waals surface area (Å²) in [5, 5.41) is 27.5. The number of carbonyl (C=O) groups is 2. The lowest BCUT2D eigenvalue weighted by atomic mass is 10.2. The molecule has 0 fully saturated rings. The van der Waals surface area contributed by atoms with Gasteiger partial charge in [0.25, 0.3) is 0 Å². The Hall–Kier alpha value is -3.00. The predicted molar refractivity (Wildman–Crippen MR) is 79.2 cm³/mol. The molecular formula is C15H17NO7. The van der Waals surface area contributed by atoms with E-state index in [-0.39, 0.29) is 5.75 Å². The molecule has 8 heteroatoms. The number of aliphatic carboxylic acids is 2. The van der Waals surface area contributed by atoms with Crippen molar-refractivity contribution in [1.29, 1.82) is 0 Å². The quantitative estimate of drug-likeness (QED) is 0.608. The smallest absolute Gasteiger partial charge is 0.414 e. The standard InChI is InChI=1S/C13H15NO3.C2H2O4/c1-16-13-7-10(4-5-12(13)15)8-14-9-11-3-2-6-17-11;3-1(4)2(5)6/h2-7,14-15H,8-9H2,1H3;(H,3,4)(H,5,6). The predicted octanol–water partition coefficient (Wildman–Crippen LogP) is 1.44. The highest BCUT2D eigenvalue weighted by atomic mass is 16.5. The molecule has 0 bridgehead atoms. The van der Waals surface area contributed by atoms with Gasteiger partial charge in [0.15, 0.2) is 11.5 Å². The largest absolute Gasteiger partial charge is 0.504 e. The molecule has 0 atom stereocenters. The third-order valence-electron chi connectivity index (χ3n) is 2.64. The Labute approximate surface area is 131 Å². The van der Waals surface area contributed by atoms with Crippen LogP contribution in [0.15, 0.2) is 41.0 Å². The van der Waals surface area contributed by atoms with Crippen molar-refractivity contribution in [3.8, 4) is 11.5 Å². The zero-order valence-corrected chi connectivity index (χ0v) is 12.4. The second-order valence-corrected chi connectivity index (χ2v) is 4.30. The monoisotopic (exact) mass is 323 g/mol. The van der Waals surface area contributed by atoms with E-state index in [1.54, 1.807) is 12.3 Å². The molecule has 0 saturated heterocycles. The Morgan fingerprint density at radius 2 is 1.87 bits per heavy atom. The minimum atomic E-state index is -1.82. The Balaban J connectivity index is 0.000000379. The van der Waals surface area contributed by atoms with Gasteiger partial charge >= 0.3 is 11.9 Å². The lowest BCUT2D eigenvalue weighted by Crippen LogP contribution is -2.12. The number of nitrogens with one attached hydrogen (secondary N) is 1. The number of benzene rings is 1. The maximum absolute atomic E-state index is 9.45. The molecule has 4 N–H and O–H groups in total. The zero-order valence-electron chi connectivity index (χ0n) is 12.4. The summed E-state index contributed by atoms with van der Waals surface area (Å²) in [5.41, 5.74) is 1.05. The summed E-state index contributed by atoms with van der Waals surface area (Å²) in [6, 6.07) is 9.07. The first-order chi connectivity index (χ1) is 10.9. The van der Waals surface area contributed by atoms with Crippen LogP contribution in [0.25, 0.3) is 0 Å². The first kappa shape index (κ1) is 18.1. The molecule has 1 heterocycles. The van der Waals surface area contributed by atoms with E-state index in [1.165, 1.54) is 7.11 Å². The number of carboxylic acid groups (broad SMARTS) is 2. The van der Waals surface area contributed by atoms with Crippen LogP contribution in [0.5, 0.6) is 11.5 Å². The number of ether oxygens (including phenoxy) is 1. The van der Waals surface area contributed by atoms with Gasteiger partial charge in [-0.05, 0) is 29.8 Å². The van der Waals surface area contributed by atoms with E-state index in [0.717, 1.165) is 11.3 Å². The van der Waals surface area contributed by atoms with Gasteiger partial charge in [0.05, 0.1) is 19.9 Å². The van der Waals surface area contributed by atoms with E-state index < -0.39 is 11.9 Å². The van der Waals surface area contributed by atoms with Gasteiger partial charge in [0, 0.05) is 6.54 Å². The van der Waals surface area contributed by atoms with Crippen LogP contribution >= 0.6 is 0 Å². The van der Waals surface area contributed by atoms with E-state index in [2.05, 4.69) is 5.32 Å². The van der Waals surface area contributed by atoms with Crippen LogP contribution in [0, 0.1) is 0 Å². The summed E-state index contributed by atoms with van der Waals surface area (Å²) in [6.07, 6.45) is 1.65. The van der Waals surface area contributed by atoms with Gasteiger partial charge in [-0.25, -0.2) is 9.59 Å². The number of rotatable bonds is 5. The third kappa shape index (κ3) is 6.53.